The fourth-order valence-corrected chi connectivity index (χ4v) is 22.9. The van der Waals surface area contributed by atoms with Crippen LogP contribution in [0, 0.1) is 0 Å². The van der Waals surface area contributed by atoms with E-state index in [0.717, 1.165) is 45.2 Å². The number of anilines is 6. The van der Waals surface area contributed by atoms with Gasteiger partial charge in [0.2, 0.25) is 0 Å². The van der Waals surface area contributed by atoms with E-state index in [1.54, 1.807) is 0 Å². The van der Waals surface area contributed by atoms with Crippen molar-refractivity contribution in [3.8, 4) is 83.6 Å². The summed E-state index contributed by atoms with van der Waals surface area (Å²) >= 11 is 0. The van der Waals surface area contributed by atoms with Gasteiger partial charge in [-0.25, -0.2) is 0 Å². The predicted molar refractivity (Wildman–Crippen MR) is 449 cm³/mol. The van der Waals surface area contributed by atoms with Crippen LogP contribution in [0.2, 0.25) is 0 Å². The van der Waals surface area contributed by atoms with Gasteiger partial charge in [-0.2, -0.15) is 0 Å². The Labute approximate surface area is 631 Å². The zero-order valence-electron chi connectivity index (χ0n) is 59.2. The highest BCUT2D eigenvalue weighted by atomic mass is 15.2. The van der Waals surface area contributed by atoms with E-state index >= 15 is 0 Å². The fourth-order valence-electron chi connectivity index (χ4n) is 22.9. The molecule has 0 radical (unpaired) electrons. The van der Waals surface area contributed by atoms with Crippen molar-refractivity contribution < 1.29 is 0 Å². The van der Waals surface area contributed by atoms with Crippen molar-refractivity contribution in [2.75, 3.05) is 9.80 Å². The van der Waals surface area contributed by atoms with Gasteiger partial charge in [-0.15, -0.1) is 0 Å². The Hall–Kier alpha value is -13.8. The largest absolute Gasteiger partial charge is 0.311 e. The first-order valence-corrected chi connectivity index (χ1v) is 38.4. The summed E-state index contributed by atoms with van der Waals surface area (Å²) < 4.78 is 2.57. The first-order chi connectivity index (χ1) is 54.1. The lowest BCUT2D eigenvalue weighted by molar-refractivity contribution is 0.793. The van der Waals surface area contributed by atoms with Gasteiger partial charge in [0.1, 0.15) is 0 Å². The van der Waals surface area contributed by atoms with E-state index in [1.165, 1.54) is 177 Å². The Morgan fingerprint density at radius 3 is 1.15 bits per heavy atom. The van der Waals surface area contributed by atoms with Crippen LogP contribution in [0.15, 0.2) is 376 Å². The molecule has 6 aliphatic carbocycles. The highest BCUT2D eigenvalue weighted by molar-refractivity contribution is 7.01. The van der Waals surface area contributed by atoms with E-state index in [9.17, 15) is 0 Å². The predicted octanol–water partition coefficient (Wildman–Crippen LogP) is 23.6. The monoisotopic (exact) mass is 1380 g/mol. The van der Waals surface area contributed by atoms with Crippen LogP contribution in [0.25, 0.3) is 105 Å². The zero-order valence-corrected chi connectivity index (χ0v) is 59.2. The number of hydrogen-bond acceptors (Lipinski definition) is 2. The molecule has 0 bridgehead atoms. The summed E-state index contributed by atoms with van der Waals surface area (Å²) in [5, 5.41) is 2.44. The van der Waals surface area contributed by atoms with Crippen molar-refractivity contribution in [3.05, 3.63) is 443 Å². The number of nitrogens with zero attached hydrogens (tertiary/aromatic N) is 3. The molecule has 17 aromatic carbocycles. The average Bonchev–Trinajstić information content (AvgIpc) is 1.58. The number of fused-ring (bicyclic) bond motifs is 38. The Balaban J connectivity index is 0.841. The summed E-state index contributed by atoms with van der Waals surface area (Å²) in [7, 11) is 0. The van der Waals surface area contributed by atoms with Crippen LogP contribution >= 0.6 is 0 Å². The van der Waals surface area contributed by atoms with Crippen LogP contribution in [0.1, 0.15) is 66.8 Å². The van der Waals surface area contributed by atoms with E-state index in [0.29, 0.717) is 0 Å². The lowest BCUT2D eigenvalue weighted by atomic mass is 9.32. The van der Waals surface area contributed by atoms with Crippen LogP contribution < -0.4 is 26.2 Å². The minimum atomic E-state index is -0.705. The maximum Gasteiger partial charge on any atom is 0.252 e. The standard InChI is InChI=1S/C105H62BN3/c1-2-27-63(28-3-1)64-53-57-94-91(59-64)106-101-97(61-66(108-92-50-24-13-37-75(92)76-38-14-25-51-93(76)108)62-98(101)109(94)95-52-26-49-90-99(95)78-39-12-23-48-88(78)104(90)82-42-17-6-31-69(82)70-32-7-18-43-83(70)104)107(65-54-56-89-79(60-65)74-36-11-19-44-84(74)103(89)80-40-15-4-29-67(80)68-30-5-16-41-81(68)103)96-58-55-77-73-35-10-22-47-87(73)105(100(77)102(96)106)85-45-20-8-33-71(85)72-34-9-21-46-86(72)105/h1-62H. The molecule has 0 saturated heterocycles. The topological polar surface area (TPSA) is 11.4 Å². The van der Waals surface area contributed by atoms with Gasteiger partial charge >= 0.3 is 0 Å². The Morgan fingerprint density at radius 1 is 0.211 bits per heavy atom. The molecule has 2 aliphatic heterocycles. The van der Waals surface area contributed by atoms with E-state index in [4.69, 9.17) is 0 Å². The molecular weight excluding hydrogens is 1310 g/mol. The Kier molecular flexibility index (Phi) is 11.2. The second-order valence-electron chi connectivity index (χ2n) is 31.0. The van der Waals surface area contributed by atoms with Gasteiger partial charge in [0.25, 0.3) is 6.71 Å². The first kappa shape index (κ1) is 58.5. The average molecular weight is 1380 g/mol. The molecule has 26 rings (SSSR count). The molecule has 0 unspecified atom stereocenters. The van der Waals surface area contributed by atoms with E-state index in [1.807, 2.05) is 0 Å². The molecule has 8 aliphatic rings. The van der Waals surface area contributed by atoms with Gasteiger partial charge in [-0.1, -0.05) is 322 Å². The highest BCUT2D eigenvalue weighted by Crippen LogP contribution is 2.69. The quantitative estimate of drug-likeness (QED) is 0.163. The summed E-state index contributed by atoms with van der Waals surface area (Å²) in [5.41, 5.74) is 45.9. The smallest absolute Gasteiger partial charge is 0.252 e. The molecule has 1 aromatic heterocycles. The van der Waals surface area contributed by atoms with Crippen molar-refractivity contribution in [1.29, 1.82) is 0 Å². The van der Waals surface area contributed by atoms with Gasteiger partial charge in [0.05, 0.1) is 38.7 Å². The lowest BCUT2D eigenvalue weighted by Crippen LogP contribution is -2.63. The number of aromatic nitrogens is 1. The van der Waals surface area contributed by atoms with Crippen LogP contribution in [-0.4, -0.2) is 11.3 Å². The highest BCUT2D eigenvalue weighted by Gasteiger charge is 2.59. The van der Waals surface area contributed by atoms with Crippen molar-refractivity contribution in [3.63, 3.8) is 0 Å². The van der Waals surface area contributed by atoms with Crippen LogP contribution in [-0.2, 0) is 16.2 Å². The SMILES string of the molecule is c1ccc(-c2ccc3c(c2)B2c4c(cc(-n5c6ccccc6c6ccccc65)cc4N3c3cccc4c3-c3ccccc3C43c4ccccc4-c4ccccc43)N(c3ccc4c(c3)-c3ccccc3C43c4ccccc4-c4ccccc43)c3ccc4c(c32)C2(c3ccccc3-c3ccccc32)c2ccccc2-4)cc1. The van der Waals surface area contributed by atoms with Gasteiger partial charge < -0.3 is 14.4 Å². The Morgan fingerprint density at radius 2 is 0.615 bits per heavy atom. The van der Waals surface area contributed by atoms with Crippen LogP contribution in [0.3, 0.4) is 0 Å². The molecule has 3 nitrogen and oxygen atoms in total. The third-order valence-electron chi connectivity index (χ3n) is 26.6. The van der Waals surface area contributed by atoms with Gasteiger partial charge in [0, 0.05) is 44.8 Å². The second kappa shape index (κ2) is 20.8. The lowest BCUT2D eigenvalue weighted by Gasteiger charge is -2.47. The molecule has 0 fully saturated rings. The maximum atomic E-state index is 2.74. The molecular formula is C105H62BN3. The van der Waals surface area contributed by atoms with E-state index in [2.05, 4.69) is 390 Å². The molecule has 0 N–H and O–H groups in total. The summed E-state index contributed by atoms with van der Waals surface area (Å²) in [6.45, 7) is -0.312. The van der Waals surface area contributed by atoms with E-state index < -0.39 is 16.2 Å². The molecule has 0 saturated carbocycles. The van der Waals surface area contributed by atoms with E-state index in [-0.39, 0.29) is 6.71 Å². The normalized spacial score (nSPS) is 15.0. The third kappa shape index (κ3) is 6.92. The van der Waals surface area contributed by atoms with Crippen molar-refractivity contribution in [2.45, 2.75) is 16.2 Å². The molecule has 3 heterocycles. The van der Waals surface area contributed by atoms with Crippen molar-refractivity contribution in [2.24, 2.45) is 0 Å². The molecule has 0 amide bonds. The summed E-state index contributed by atoms with van der Waals surface area (Å²) in [6.07, 6.45) is 0. The zero-order chi connectivity index (χ0) is 70.7. The number of rotatable bonds is 4. The van der Waals surface area contributed by atoms with Crippen LogP contribution in [0.5, 0.6) is 0 Å². The molecule has 4 heteroatoms. The van der Waals surface area contributed by atoms with Gasteiger partial charge in [-0.3, -0.25) is 0 Å². The molecule has 109 heavy (non-hydrogen) atoms. The molecule has 0 atom stereocenters. The van der Waals surface area contributed by atoms with Crippen molar-refractivity contribution >= 4 is 79.0 Å². The number of hydrogen-bond donors (Lipinski definition) is 0. The Bertz CT molecular complexity index is 6960. The fraction of sp³-hybridized carbons (Fsp3) is 0.0286. The second-order valence-corrected chi connectivity index (χ2v) is 31.0. The molecule has 18 aromatic rings. The first-order valence-electron chi connectivity index (χ1n) is 38.4. The summed E-state index contributed by atoms with van der Waals surface area (Å²) in [4.78, 5) is 5.49. The van der Waals surface area contributed by atoms with Gasteiger partial charge in [-0.05, 0) is 210 Å². The number of benzene rings is 17. The van der Waals surface area contributed by atoms with Crippen molar-refractivity contribution in [1.82, 2.24) is 4.57 Å². The minimum absolute atomic E-state index is 0.312. The summed E-state index contributed by atoms with van der Waals surface area (Å²) in [6, 6.07) is 146. The number of para-hydroxylation sites is 2. The summed E-state index contributed by atoms with van der Waals surface area (Å²) in [5.74, 6) is 0. The minimum Gasteiger partial charge on any atom is -0.311 e. The third-order valence-corrected chi connectivity index (χ3v) is 26.6. The molecule has 3 spiro atoms. The van der Waals surface area contributed by atoms with Crippen LogP contribution in [0.4, 0.5) is 34.1 Å². The van der Waals surface area contributed by atoms with Gasteiger partial charge in [0.15, 0.2) is 0 Å². The molecule has 500 valence electrons. The maximum absolute atomic E-state index is 2.74.